The molecule has 0 radical (unpaired) electrons. The topological polar surface area (TPSA) is 72.3 Å². The van der Waals surface area contributed by atoms with Gasteiger partial charge in [-0.05, 0) is 24.3 Å². The van der Waals surface area contributed by atoms with Crippen molar-refractivity contribution in [3.63, 3.8) is 0 Å². The Morgan fingerprint density at radius 2 is 2.18 bits per heavy atom. The maximum atomic E-state index is 10.7. The summed E-state index contributed by atoms with van der Waals surface area (Å²) in [6, 6.07) is 8.32. The van der Waals surface area contributed by atoms with Crippen LogP contribution in [0.3, 0.4) is 0 Å². The van der Waals surface area contributed by atoms with Crippen LogP contribution in [0.25, 0.3) is 0 Å². The van der Waals surface area contributed by atoms with Gasteiger partial charge in [-0.25, -0.2) is 9.78 Å². The van der Waals surface area contributed by atoms with E-state index in [2.05, 4.69) is 9.97 Å². The van der Waals surface area contributed by atoms with E-state index in [9.17, 15) is 4.79 Å². The summed E-state index contributed by atoms with van der Waals surface area (Å²) in [5.74, 6) is -0.428. The molecule has 5 nitrogen and oxygen atoms in total. The second kappa shape index (κ2) is 5.07. The number of aromatic carboxylic acids is 1. The molecular weight excluding hydrogens is 220 g/mol. The number of nitrogens with zero attached hydrogens (tertiary/aromatic N) is 2. The minimum absolute atomic E-state index is 0.0114. The van der Waals surface area contributed by atoms with E-state index >= 15 is 0 Å². The number of ether oxygens (including phenoxy) is 1. The molecule has 17 heavy (non-hydrogen) atoms. The van der Waals surface area contributed by atoms with Crippen LogP contribution < -0.4 is 4.74 Å². The van der Waals surface area contributed by atoms with Crippen LogP contribution >= 0.6 is 0 Å². The van der Waals surface area contributed by atoms with E-state index in [1.54, 1.807) is 36.7 Å². The lowest BCUT2D eigenvalue weighted by atomic mass is 10.3. The van der Waals surface area contributed by atoms with Gasteiger partial charge in [0.25, 0.3) is 0 Å². The third-order valence-electron chi connectivity index (χ3n) is 2.05. The lowest BCUT2D eigenvalue weighted by Crippen LogP contribution is -2.04. The third-order valence-corrected chi connectivity index (χ3v) is 2.05. The van der Waals surface area contributed by atoms with E-state index in [1.807, 2.05) is 0 Å². The fourth-order valence-electron chi connectivity index (χ4n) is 1.27. The molecule has 0 amide bonds. The number of aromatic nitrogens is 2. The molecule has 1 N–H and O–H groups in total. The molecule has 0 fully saturated rings. The monoisotopic (exact) mass is 230 g/mol. The van der Waals surface area contributed by atoms with Crippen LogP contribution in [0, 0.1) is 0 Å². The number of carbonyl (C=O) groups is 1. The van der Waals surface area contributed by atoms with E-state index in [4.69, 9.17) is 9.84 Å². The van der Waals surface area contributed by atoms with Crippen molar-refractivity contribution in [2.45, 2.75) is 6.61 Å². The van der Waals surface area contributed by atoms with Gasteiger partial charge < -0.3 is 9.84 Å². The Balaban J connectivity index is 2.04. The molecule has 0 bridgehead atoms. The molecule has 2 rings (SSSR count). The van der Waals surface area contributed by atoms with Crippen molar-refractivity contribution < 1.29 is 14.6 Å². The van der Waals surface area contributed by atoms with Gasteiger partial charge in [-0.3, -0.25) is 4.98 Å². The van der Waals surface area contributed by atoms with Crippen molar-refractivity contribution in [1.29, 1.82) is 0 Å². The first kappa shape index (κ1) is 11.1. The Hall–Kier alpha value is -2.43. The second-order valence-corrected chi connectivity index (χ2v) is 3.30. The van der Waals surface area contributed by atoms with Crippen LogP contribution in [0.4, 0.5) is 0 Å². The largest absolute Gasteiger partial charge is 0.486 e. The zero-order chi connectivity index (χ0) is 12.1. The van der Waals surface area contributed by atoms with Crippen LogP contribution in [0.1, 0.15) is 16.2 Å². The highest BCUT2D eigenvalue weighted by atomic mass is 16.5. The van der Waals surface area contributed by atoms with Gasteiger partial charge >= 0.3 is 5.97 Å². The summed E-state index contributed by atoms with van der Waals surface area (Å²) in [5.41, 5.74) is 0.575. The Morgan fingerprint density at radius 3 is 2.88 bits per heavy atom. The first-order valence-electron chi connectivity index (χ1n) is 4.98. The summed E-state index contributed by atoms with van der Waals surface area (Å²) >= 11 is 0. The Bertz CT molecular complexity index is 514. The third kappa shape index (κ3) is 3.01. The zero-order valence-corrected chi connectivity index (χ0v) is 8.91. The predicted molar refractivity (Wildman–Crippen MR) is 59.8 cm³/mol. The van der Waals surface area contributed by atoms with E-state index in [0.717, 1.165) is 0 Å². The highest BCUT2D eigenvalue weighted by Crippen LogP contribution is 2.09. The number of pyridine rings is 2. The molecule has 0 aromatic carbocycles. The number of hydrogen-bond donors (Lipinski definition) is 1. The minimum Gasteiger partial charge on any atom is -0.486 e. The maximum absolute atomic E-state index is 10.7. The Morgan fingerprint density at radius 1 is 1.29 bits per heavy atom. The van der Waals surface area contributed by atoms with Crippen molar-refractivity contribution in [2.75, 3.05) is 0 Å². The quantitative estimate of drug-likeness (QED) is 0.866. The van der Waals surface area contributed by atoms with E-state index in [0.29, 0.717) is 11.4 Å². The highest BCUT2D eigenvalue weighted by molar-refractivity contribution is 5.85. The van der Waals surface area contributed by atoms with Crippen molar-refractivity contribution in [3.8, 4) is 5.75 Å². The van der Waals surface area contributed by atoms with Crippen LogP contribution in [0.15, 0.2) is 42.7 Å². The fourth-order valence-corrected chi connectivity index (χ4v) is 1.27. The first-order valence-corrected chi connectivity index (χ1v) is 4.98. The minimum atomic E-state index is -1.05. The molecular formula is C12H10N2O3. The van der Waals surface area contributed by atoms with Crippen molar-refractivity contribution in [3.05, 3.63) is 54.1 Å². The summed E-state index contributed by atoms with van der Waals surface area (Å²) in [5, 5.41) is 8.78. The first-order chi connectivity index (χ1) is 8.25. The highest BCUT2D eigenvalue weighted by Gasteiger charge is 2.05. The number of carboxylic acid groups (broad SMARTS) is 1. The smallest absolute Gasteiger partial charge is 0.354 e. The van der Waals surface area contributed by atoms with Gasteiger partial charge in [0.1, 0.15) is 18.1 Å². The van der Waals surface area contributed by atoms with Gasteiger partial charge in [-0.1, -0.05) is 6.07 Å². The average molecular weight is 230 g/mol. The lowest BCUT2D eigenvalue weighted by Gasteiger charge is -2.05. The van der Waals surface area contributed by atoms with E-state index in [1.165, 1.54) is 6.07 Å². The molecule has 5 heteroatoms. The lowest BCUT2D eigenvalue weighted by molar-refractivity contribution is 0.0690. The summed E-state index contributed by atoms with van der Waals surface area (Å²) in [4.78, 5) is 18.6. The zero-order valence-electron chi connectivity index (χ0n) is 8.91. The molecule has 0 saturated carbocycles. The van der Waals surface area contributed by atoms with E-state index in [-0.39, 0.29) is 12.3 Å². The Labute approximate surface area is 97.7 Å². The van der Waals surface area contributed by atoms with Gasteiger partial charge in [-0.2, -0.15) is 0 Å². The summed E-state index contributed by atoms with van der Waals surface area (Å²) in [6.07, 6.45) is 3.23. The number of rotatable bonds is 4. The molecule has 2 heterocycles. The number of carboxylic acids is 1. The van der Waals surface area contributed by atoms with Gasteiger partial charge in [0, 0.05) is 6.20 Å². The summed E-state index contributed by atoms with van der Waals surface area (Å²) < 4.78 is 5.41. The normalized spacial score (nSPS) is 9.88. The summed E-state index contributed by atoms with van der Waals surface area (Å²) in [6.45, 7) is 0.215. The number of hydrogen-bond acceptors (Lipinski definition) is 4. The molecule has 0 aliphatic carbocycles. The predicted octanol–water partition coefficient (Wildman–Crippen LogP) is 1.75. The van der Waals surface area contributed by atoms with Crippen LogP contribution in [-0.4, -0.2) is 21.0 Å². The maximum Gasteiger partial charge on any atom is 0.354 e. The molecule has 0 aliphatic heterocycles. The molecule has 2 aromatic heterocycles. The van der Waals surface area contributed by atoms with E-state index < -0.39 is 5.97 Å². The van der Waals surface area contributed by atoms with Gasteiger partial charge in [0.05, 0.1) is 11.9 Å². The van der Waals surface area contributed by atoms with Gasteiger partial charge in [0.2, 0.25) is 0 Å². The Kier molecular flexibility index (Phi) is 3.30. The molecule has 2 aromatic rings. The molecule has 0 saturated heterocycles. The molecule has 0 unspecified atom stereocenters. The standard InChI is InChI=1S/C12H10N2O3/c15-12(16)11-5-1-3-9(14-11)8-17-10-4-2-6-13-7-10/h1-7H,8H2,(H,15,16). The van der Waals surface area contributed by atoms with Crippen LogP contribution in [0.2, 0.25) is 0 Å². The van der Waals surface area contributed by atoms with Crippen LogP contribution in [0.5, 0.6) is 5.75 Å². The molecule has 0 aliphatic rings. The molecule has 0 atom stereocenters. The molecule has 86 valence electrons. The van der Waals surface area contributed by atoms with Crippen molar-refractivity contribution in [1.82, 2.24) is 9.97 Å². The average Bonchev–Trinajstić information content (AvgIpc) is 2.38. The SMILES string of the molecule is O=C(O)c1cccc(COc2cccnc2)n1. The fraction of sp³-hybridized carbons (Fsp3) is 0.0833. The van der Waals surface area contributed by atoms with Crippen molar-refractivity contribution in [2.24, 2.45) is 0 Å². The summed E-state index contributed by atoms with van der Waals surface area (Å²) in [7, 11) is 0. The van der Waals surface area contributed by atoms with Crippen molar-refractivity contribution >= 4 is 5.97 Å². The van der Waals surface area contributed by atoms with Gasteiger partial charge in [-0.15, -0.1) is 0 Å². The van der Waals surface area contributed by atoms with Crippen LogP contribution in [-0.2, 0) is 6.61 Å². The molecule has 0 spiro atoms. The van der Waals surface area contributed by atoms with Gasteiger partial charge in [0.15, 0.2) is 0 Å². The second-order valence-electron chi connectivity index (χ2n) is 3.30.